The first kappa shape index (κ1) is 17.3. The fraction of sp³-hybridized carbons (Fsp3) is 0.474. The summed E-state index contributed by atoms with van der Waals surface area (Å²) in [5.74, 6) is -0.411. The molecule has 0 fully saturated rings. The highest BCUT2D eigenvalue weighted by Gasteiger charge is 2.27. The van der Waals surface area contributed by atoms with Crippen LogP contribution in [0.2, 0.25) is 0 Å². The van der Waals surface area contributed by atoms with Crippen LogP contribution in [0.3, 0.4) is 0 Å². The number of rotatable bonds is 4. The molecule has 1 heterocycles. The molecule has 124 valence electrons. The molecule has 2 aromatic rings. The van der Waals surface area contributed by atoms with Crippen molar-refractivity contribution in [2.24, 2.45) is 5.41 Å². The van der Waals surface area contributed by atoms with Crippen LogP contribution < -0.4 is 0 Å². The molecule has 4 nitrogen and oxygen atoms in total. The zero-order valence-corrected chi connectivity index (χ0v) is 14.8. The van der Waals surface area contributed by atoms with Crippen LogP contribution in [0.15, 0.2) is 34.9 Å². The first-order valence-corrected chi connectivity index (χ1v) is 7.78. The number of nitrogens with zero attached hydrogens (tertiary/aromatic N) is 1. The molecule has 0 amide bonds. The molecule has 0 aliphatic carbocycles. The topological polar surface area (TPSA) is 52.3 Å². The summed E-state index contributed by atoms with van der Waals surface area (Å²) in [7, 11) is 1.32. The molecular formula is C19H25NO3. The number of benzene rings is 1. The van der Waals surface area contributed by atoms with Gasteiger partial charge in [-0.2, -0.15) is 0 Å². The Morgan fingerprint density at radius 3 is 2.26 bits per heavy atom. The van der Waals surface area contributed by atoms with Gasteiger partial charge in [-0.3, -0.25) is 0 Å². The van der Waals surface area contributed by atoms with Crippen molar-refractivity contribution in [1.29, 1.82) is 0 Å². The van der Waals surface area contributed by atoms with Crippen LogP contribution in [-0.4, -0.2) is 18.2 Å². The van der Waals surface area contributed by atoms with Gasteiger partial charge in [-0.25, -0.2) is 4.79 Å². The van der Waals surface area contributed by atoms with Crippen molar-refractivity contribution in [2.45, 2.75) is 46.5 Å². The third-order valence-corrected chi connectivity index (χ3v) is 3.83. The summed E-state index contributed by atoms with van der Waals surface area (Å²) in [5, 5.41) is 3.93. The molecule has 0 spiro atoms. The van der Waals surface area contributed by atoms with Gasteiger partial charge in [-0.1, -0.05) is 64.0 Å². The van der Waals surface area contributed by atoms with Crippen molar-refractivity contribution in [1.82, 2.24) is 5.16 Å². The molecule has 0 aliphatic heterocycles. The number of carbonyl (C=O) groups excluding carboxylic acids is 1. The van der Waals surface area contributed by atoms with E-state index >= 15 is 0 Å². The standard InChI is InChI=1S/C19H25NO3/c1-18(2,3)12-19(4,5)14-9-7-13(8-10-14)15-11-16(23-20-15)17(21)22-6/h7-11H,12H2,1-6H3. The normalized spacial score (nSPS) is 12.3. The highest BCUT2D eigenvalue weighted by Crippen LogP contribution is 2.36. The maximum absolute atomic E-state index is 11.4. The van der Waals surface area contributed by atoms with E-state index in [0.717, 1.165) is 12.0 Å². The minimum Gasteiger partial charge on any atom is -0.463 e. The molecule has 0 radical (unpaired) electrons. The maximum Gasteiger partial charge on any atom is 0.376 e. The van der Waals surface area contributed by atoms with E-state index in [2.05, 4.69) is 56.6 Å². The second-order valence-corrected chi connectivity index (χ2v) is 7.77. The predicted octanol–water partition coefficient (Wildman–Crippen LogP) is 4.84. The van der Waals surface area contributed by atoms with Crippen LogP contribution in [0, 0.1) is 5.41 Å². The summed E-state index contributed by atoms with van der Waals surface area (Å²) in [5.41, 5.74) is 3.19. The Kier molecular flexibility index (Phi) is 4.64. The fourth-order valence-corrected chi connectivity index (χ4v) is 3.13. The van der Waals surface area contributed by atoms with E-state index < -0.39 is 5.97 Å². The van der Waals surface area contributed by atoms with E-state index in [9.17, 15) is 4.79 Å². The highest BCUT2D eigenvalue weighted by molar-refractivity contribution is 5.87. The Labute approximate surface area is 137 Å². The van der Waals surface area contributed by atoms with Gasteiger partial charge in [-0.05, 0) is 22.8 Å². The van der Waals surface area contributed by atoms with E-state index in [1.807, 2.05) is 12.1 Å². The van der Waals surface area contributed by atoms with E-state index in [-0.39, 0.29) is 16.6 Å². The second kappa shape index (κ2) is 6.19. The van der Waals surface area contributed by atoms with Gasteiger partial charge in [-0.15, -0.1) is 0 Å². The molecule has 1 aromatic carbocycles. The zero-order chi connectivity index (χ0) is 17.3. The third-order valence-electron chi connectivity index (χ3n) is 3.83. The number of hydrogen-bond acceptors (Lipinski definition) is 4. The monoisotopic (exact) mass is 315 g/mol. The smallest absolute Gasteiger partial charge is 0.376 e. The van der Waals surface area contributed by atoms with Crippen LogP contribution >= 0.6 is 0 Å². The number of ether oxygens (including phenoxy) is 1. The van der Waals surface area contributed by atoms with Crippen molar-refractivity contribution >= 4 is 5.97 Å². The fourth-order valence-electron chi connectivity index (χ4n) is 3.13. The van der Waals surface area contributed by atoms with Crippen LogP contribution in [0.25, 0.3) is 11.3 Å². The van der Waals surface area contributed by atoms with Gasteiger partial charge in [0.2, 0.25) is 5.76 Å². The first-order valence-electron chi connectivity index (χ1n) is 7.78. The Morgan fingerprint density at radius 1 is 1.13 bits per heavy atom. The van der Waals surface area contributed by atoms with E-state index in [1.54, 1.807) is 6.07 Å². The highest BCUT2D eigenvalue weighted by atomic mass is 16.5. The van der Waals surface area contributed by atoms with Gasteiger partial charge < -0.3 is 9.26 Å². The van der Waals surface area contributed by atoms with Gasteiger partial charge in [0, 0.05) is 11.6 Å². The van der Waals surface area contributed by atoms with Crippen LogP contribution in [0.5, 0.6) is 0 Å². The molecule has 4 heteroatoms. The molecule has 0 unspecified atom stereocenters. The Bertz CT molecular complexity index is 675. The minimum absolute atomic E-state index is 0.0950. The molecule has 2 rings (SSSR count). The summed E-state index contributed by atoms with van der Waals surface area (Å²) in [6.45, 7) is 11.3. The summed E-state index contributed by atoms with van der Waals surface area (Å²) < 4.78 is 9.63. The SMILES string of the molecule is COC(=O)c1cc(-c2ccc(C(C)(C)CC(C)(C)C)cc2)no1. The molecule has 0 aliphatic rings. The van der Waals surface area contributed by atoms with Crippen LogP contribution in [0.1, 0.15) is 57.2 Å². The number of esters is 1. The van der Waals surface area contributed by atoms with Crippen molar-refractivity contribution in [3.05, 3.63) is 41.7 Å². The quantitative estimate of drug-likeness (QED) is 0.757. The molecule has 0 saturated carbocycles. The van der Waals surface area contributed by atoms with Crippen molar-refractivity contribution in [3.63, 3.8) is 0 Å². The van der Waals surface area contributed by atoms with Gasteiger partial charge in [0.05, 0.1) is 7.11 Å². The lowest BCUT2D eigenvalue weighted by Crippen LogP contribution is -2.24. The first-order chi connectivity index (χ1) is 10.6. The number of methoxy groups -OCH3 is 1. The number of carbonyl (C=O) groups is 1. The predicted molar refractivity (Wildman–Crippen MR) is 90.4 cm³/mol. The molecule has 1 aromatic heterocycles. The molecule has 0 saturated heterocycles. The van der Waals surface area contributed by atoms with Crippen molar-refractivity contribution in [3.8, 4) is 11.3 Å². The largest absolute Gasteiger partial charge is 0.463 e. The number of hydrogen-bond donors (Lipinski definition) is 0. The third kappa shape index (κ3) is 4.21. The van der Waals surface area contributed by atoms with Crippen LogP contribution in [-0.2, 0) is 10.2 Å². The van der Waals surface area contributed by atoms with Crippen molar-refractivity contribution < 1.29 is 14.1 Å². The lowest BCUT2D eigenvalue weighted by Gasteiger charge is -2.33. The minimum atomic E-state index is -0.522. The lowest BCUT2D eigenvalue weighted by atomic mass is 9.72. The van der Waals surface area contributed by atoms with Gasteiger partial charge in [0.15, 0.2) is 0 Å². The van der Waals surface area contributed by atoms with E-state index in [1.165, 1.54) is 12.7 Å². The average Bonchev–Trinajstić information content (AvgIpc) is 2.94. The summed E-state index contributed by atoms with van der Waals surface area (Å²) in [6, 6.07) is 9.86. The molecule has 23 heavy (non-hydrogen) atoms. The maximum atomic E-state index is 11.4. The summed E-state index contributed by atoms with van der Waals surface area (Å²) in [6.07, 6.45) is 1.09. The second-order valence-electron chi connectivity index (χ2n) is 7.77. The average molecular weight is 315 g/mol. The molecule has 0 N–H and O–H groups in total. The molecular weight excluding hydrogens is 290 g/mol. The van der Waals surface area contributed by atoms with Crippen molar-refractivity contribution in [2.75, 3.05) is 7.11 Å². The van der Waals surface area contributed by atoms with E-state index in [0.29, 0.717) is 5.69 Å². The van der Waals surface area contributed by atoms with Gasteiger partial charge >= 0.3 is 5.97 Å². The van der Waals surface area contributed by atoms with Crippen LogP contribution in [0.4, 0.5) is 0 Å². The molecule has 0 bridgehead atoms. The Morgan fingerprint density at radius 2 is 1.74 bits per heavy atom. The Balaban J connectivity index is 2.22. The summed E-state index contributed by atoms with van der Waals surface area (Å²) >= 11 is 0. The Hall–Kier alpha value is -2.10. The van der Waals surface area contributed by atoms with Gasteiger partial charge in [0.25, 0.3) is 0 Å². The summed E-state index contributed by atoms with van der Waals surface area (Å²) in [4.78, 5) is 11.4. The lowest BCUT2D eigenvalue weighted by molar-refractivity contribution is 0.0554. The van der Waals surface area contributed by atoms with E-state index in [4.69, 9.17) is 4.52 Å². The molecule has 0 atom stereocenters. The number of aromatic nitrogens is 1. The van der Waals surface area contributed by atoms with Gasteiger partial charge in [0.1, 0.15) is 5.69 Å². The zero-order valence-electron chi connectivity index (χ0n) is 14.8.